The van der Waals surface area contributed by atoms with Gasteiger partial charge in [-0.2, -0.15) is 0 Å². The highest BCUT2D eigenvalue weighted by Gasteiger charge is 2.21. The second kappa shape index (κ2) is 8.26. The van der Waals surface area contributed by atoms with Crippen LogP contribution in [-0.4, -0.2) is 18.8 Å². The first-order valence-electron chi connectivity index (χ1n) is 6.58. The highest BCUT2D eigenvalue weighted by Crippen LogP contribution is 2.20. The van der Waals surface area contributed by atoms with Gasteiger partial charge in [-0.05, 0) is 26.2 Å². The van der Waals surface area contributed by atoms with Crippen LogP contribution in [0.25, 0.3) is 0 Å². The van der Waals surface area contributed by atoms with Crippen molar-refractivity contribution in [1.29, 1.82) is 0 Å². The number of hydrogen-bond donors (Lipinski definition) is 1. The highest BCUT2D eigenvalue weighted by molar-refractivity contribution is 5.18. The summed E-state index contributed by atoms with van der Waals surface area (Å²) in [6.45, 7) is 6.73. The molecule has 0 radical (unpaired) electrons. The lowest BCUT2D eigenvalue weighted by Crippen LogP contribution is -2.39. The van der Waals surface area contributed by atoms with Crippen molar-refractivity contribution in [2.24, 2.45) is 5.73 Å². The molecule has 0 aromatic rings. The first-order valence-corrected chi connectivity index (χ1v) is 6.58. The molecule has 1 aliphatic rings. The van der Waals surface area contributed by atoms with Gasteiger partial charge in [0.05, 0.1) is 12.7 Å². The van der Waals surface area contributed by atoms with Crippen LogP contribution in [0.5, 0.6) is 0 Å². The van der Waals surface area contributed by atoms with Crippen LogP contribution in [0.1, 0.15) is 39.0 Å². The van der Waals surface area contributed by atoms with Crippen molar-refractivity contribution in [3.63, 3.8) is 0 Å². The van der Waals surface area contributed by atoms with Gasteiger partial charge in [0.1, 0.15) is 0 Å². The average Bonchev–Trinajstić information content (AvgIpc) is 2.32. The Hall–Kier alpha value is -0.860. The molecule has 2 atom stereocenters. The Morgan fingerprint density at radius 2 is 2.12 bits per heavy atom. The molecule has 96 valence electrons. The summed E-state index contributed by atoms with van der Waals surface area (Å²) < 4.78 is 5.83. The fraction of sp³-hybridized carbons (Fsp3) is 0.600. The van der Waals surface area contributed by atoms with Gasteiger partial charge in [-0.15, -0.1) is 0 Å². The van der Waals surface area contributed by atoms with Crippen LogP contribution in [0, 0.1) is 0 Å². The van der Waals surface area contributed by atoms with Gasteiger partial charge in [-0.1, -0.05) is 49.3 Å². The summed E-state index contributed by atoms with van der Waals surface area (Å²) in [5.74, 6) is 0. The van der Waals surface area contributed by atoms with E-state index >= 15 is 0 Å². The monoisotopic (exact) mass is 235 g/mol. The fourth-order valence-corrected chi connectivity index (χ4v) is 2.06. The van der Waals surface area contributed by atoms with Crippen molar-refractivity contribution < 1.29 is 4.74 Å². The van der Waals surface area contributed by atoms with Crippen LogP contribution in [0.15, 0.2) is 36.5 Å². The van der Waals surface area contributed by atoms with Crippen molar-refractivity contribution in [1.82, 2.24) is 0 Å². The van der Waals surface area contributed by atoms with E-state index in [1.807, 2.05) is 31.2 Å². The topological polar surface area (TPSA) is 35.2 Å². The third kappa shape index (κ3) is 5.85. The second-order valence-electron chi connectivity index (χ2n) is 4.65. The van der Waals surface area contributed by atoms with E-state index in [1.54, 1.807) is 0 Å². The Kier molecular flexibility index (Phi) is 6.90. The van der Waals surface area contributed by atoms with Gasteiger partial charge >= 0.3 is 0 Å². The summed E-state index contributed by atoms with van der Waals surface area (Å²) in [4.78, 5) is 0. The molecule has 1 aliphatic carbocycles. The zero-order valence-corrected chi connectivity index (χ0v) is 10.9. The molecule has 0 aliphatic heterocycles. The molecule has 1 rings (SSSR count). The van der Waals surface area contributed by atoms with Gasteiger partial charge in [-0.3, -0.25) is 0 Å². The van der Waals surface area contributed by atoms with Gasteiger partial charge < -0.3 is 10.5 Å². The summed E-state index contributed by atoms with van der Waals surface area (Å²) in [6, 6.07) is 0.232. The van der Waals surface area contributed by atoms with E-state index in [0.29, 0.717) is 0 Å². The number of nitrogens with two attached hydrogens (primary N) is 1. The first kappa shape index (κ1) is 14.2. The van der Waals surface area contributed by atoms with Crippen molar-refractivity contribution in [2.45, 2.75) is 51.2 Å². The minimum Gasteiger partial charge on any atom is -0.376 e. The minimum atomic E-state index is 0.232. The molecule has 0 saturated heterocycles. The van der Waals surface area contributed by atoms with Gasteiger partial charge in [0.2, 0.25) is 0 Å². The van der Waals surface area contributed by atoms with Crippen molar-refractivity contribution in [3.8, 4) is 0 Å². The molecule has 0 bridgehead atoms. The molecule has 1 fully saturated rings. The lowest BCUT2D eigenvalue weighted by molar-refractivity contribution is 0.0171. The molecule has 0 aromatic carbocycles. The maximum absolute atomic E-state index is 6.02. The van der Waals surface area contributed by atoms with Crippen molar-refractivity contribution in [3.05, 3.63) is 36.5 Å². The van der Waals surface area contributed by atoms with E-state index in [2.05, 4.69) is 6.58 Å². The van der Waals surface area contributed by atoms with E-state index < -0.39 is 0 Å². The summed E-state index contributed by atoms with van der Waals surface area (Å²) in [5.41, 5.74) is 7.13. The van der Waals surface area contributed by atoms with E-state index in [4.69, 9.17) is 10.5 Å². The van der Waals surface area contributed by atoms with Gasteiger partial charge in [0.25, 0.3) is 0 Å². The largest absolute Gasteiger partial charge is 0.376 e. The van der Waals surface area contributed by atoms with Crippen LogP contribution < -0.4 is 5.73 Å². The third-order valence-electron chi connectivity index (χ3n) is 3.14. The summed E-state index contributed by atoms with van der Waals surface area (Å²) in [7, 11) is 0. The standard InChI is InChI=1S/C15H25NO/c1-3-4-5-8-13(2)11-12-17-15-10-7-6-9-14(15)16/h3-5,8,14-15H,2,6-7,9-12,16H2,1H3/b4-3-,8-5-/t14-,15-/m0/s1. The predicted octanol–water partition coefficient (Wildman–Crippen LogP) is 3.35. The van der Waals surface area contributed by atoms with E-state index in [9.17, 15) is 0 Å². The van der Waals surface area contributed by atoms with Crippen LogP contribution >= 0.6 is 0 Å². The highest BCUT2D eigenvalue weighted by atomic mass is 16.5. The van der Waals surface area contributed by atoms with Crippen LogP contribution in [-0.2, 0) is 4.74 Å². The smallest absolute Gasteiger partial charge is 0.0726 e. The second-order valence-corrected chi connectivity index (χ2v) is 4.65. The summed E-state index contributed by atoms with van der Waals surface area (Å²) in [6.07, 6.45) is 13.9. The van der Waals surface area contributed by atoms with E-state index in [0.717, 1.165) is 31.4 Å². The van der Waals surface area contributed by atoms with Crippen LogP contribution in [0.3, 0.4) is 0 Å². The molecule has 2 N–H and O–H groups in total. The lowest BCUT2D eigenvalue weighted by Gasteiger charge is -2.28. The van der Waals surface area contributed by atoms with Crippen molar-refractivity contribution in [2.75, 3.05) is 6.61 Å². The zero-order chi connectivity index (χ0) is 12.5. The number of allylic oxidation sites excluding steroid dienone is 4. The van der Waals surface area contributed by atoms with Gasteiger partial charge in [0.15, 0.2) is 0 Å². The maximum Gasteiger partial charge on any atom is 0.0726 e. The molecule has 0 amide bonds. The van der Waals surface area contributed by atoms with E-state index in [1.165, 1.54) is 12.8 Å². The Morgan fingerprint density at radius 3 is 2.82 bits per heavy atom. The van der Waals surface area contributed by atoms with E-state index in [-0.39, 0.29) is 12.1 Å². The summed E-state index contributed by atoms with van der Waals surface area (Å²) >= 11 is 0. The molecule has 0 unspecified atom stereocenters. The predicted molar refractivity (Wildman–Crippen MR) is 73.9 cm³/mol. The molecule has 2 heteroatoms. The van der Waals surface area contributed by atoms with Gasteiger partial charge in [0, 0.05) is 6.04 Å². The number of ether oxygens (including phenoxy) is 1. The molecule has 0 heterocycles. The molecule has 17 heavy (non-hydrogen) atoms. The molecule has 0 aromatic heterocycles. The fourth-order valence-electron chi connectivity index (χ4n) is 2.06. The first-order chi connectivity index (χ1) is 8.24. The Bertz CT molecular complexity index is 281. The maximum atomic E-state index is 6.02. The summed E-state index contributed by atoms with van der Waals surface area (Å²) in [5, 5.41) is 0. The Labute approximate surface area is 105 Å². The molecule has 0 spiro atoms. The third-order valence-corrected chi connectivity index (χ3v) is 3.14. The zero-order valence-electron chi connectivity index (χ0n) is 10.9. The Morgan fingerprint density at radius 1 is 1.35 bits per heavy atom. The normalized spacial score (nSPS) is 25.8. The van der Waals surface area contributed by atoms with Gasteiger partial charge in [-0.25, -0.2) is 0 Å². The molecular formula is C15H25NO. The van der Waals surface area contributed by atoms with Crippen molar-refractivity contribution >= 4 is 0 Å². The minimum absolute atomic E-state index is 0.232. The average molecular weight is 235 g/mol. The Balaban J connectivity index is 2.16. The molecular weight excluding hydrogens is 210 g/mol. The SMILES string of the molecule is C=C(/C=C\C=C/C)CCO[C@H]1CCCC[C@@H]1N. The molecule has 2 nitrogen and oxygen atoms in total. The number of hydrogen-bond acceptors (Lipinski definition) is 2. The van der Waals surface area contributed by atoms with Crippen LogP contribution in [0.2, 0.25) is 0 Å². The van der Waals surface area contributed by atoms with Crippen LogP contribution in [0.4, 0.5) is 0 Å². The molecule has 1 saturated carbocycles. The quantitative estimate of drug-likeness (QED) is 0.717. The lowest BCUT2D eigenvalue weighted by atomic mass is 9.93. The number of rotatable bonds is 6.